The number of methoxy groups -OCH3 is 1. The third-order valence-electron chi connectivity index (χ3n) is 5.03. The monoisotopic (exact) mass is 364 g/mol. The fourth-order valence-corrected chi connectivity index (χ4v) is 3.66. The van der Waals surface area contributed by atoms with Crippen molar-refractivity contribution in [1.29, 1.82) is 0 Å². The van der Waals surface area contributed by atoms with Crippen molar-refractivity contribution in [2.75, 3.05) is 7.11 Å². The topological polar surface area (TPSA) is 27.7 Å². The van der Waals surface area contributed by atoms with Crippen LogP contribution in [0.3, 0.4) is 0 Å². The highest BCUT2D eigenvalue weighted by molar-refractivity contribution is 6.74. The Balaban J connectivity index is 2.83. The van der Waals surface area contributed by atoms with Crippen LogP contribution < -0.4 is 0 Å². The molecule has 1 aromatic rings. The van der Waals surface area contributed by atoms with E-state index in [2.05, 4.69) is 59.0 Å². The first-order valence-corrected chi connectivity index (χ1v) is 12.0. The maximum Gasteiger partial charge on any atom is 0.193 e. The van der Waals surface area contributed by atoms with Crippen molar-refractivity contribution in [2.45, 2.75) is 77.7 Å². The third-order valence-corrected chi connectivity index (χ3v) is 9.51. The van der Waals surface area contributed by atoms with Crippen LogP contribution in [0, 0.1) is 0 Å². The van der Waals surface area contributed by atoms with Gasteiger partial charge in [-0.05, 0) is 37.5 Å². The first kappa shape index (κ1) is 22.1. The number of allylic oxidation sites excluding steroid dienone is 1. The van der Waals surface area contributed by atoms with Crippen LogP contribution in [-0.4, -0.2) is 33.7 Å². The fraction of sp³-hybridized carbons (Fsp3) is 0.619. The Morgan fingerprint density at radius 1 is 1.12 bits per heavy atom. The van der Waals surface area contributed by atoms with Crippen molar-refractivity contribution < 1.29 is 13.9 Å². The van der Waals surface area contributed by atoms with Crippen molar-refractivity contribution >= 4 is 8.32 Å². The minimum Gasteiger partial charge on any atom is -0.408 e. The van der Waals surface area contributed by atoms with Gasteiger partial charge in [0.1, 0.15) is 6.10 Å². The number of hydrogen-bond acceptors (Lipinski definition) is 3. The van der Waals surface area contributed by atoms with Gasteiger partial charge in [0, 0.05) is 7.11 Å². The Morgan fingerprint density at radius 2 is 1.72 bits per heavy atom. The summed E-state index contributed by atoms with van der Waals surface area (Å²) in [4.78, 5) is 0. The van der Waals surface area contributed by atoms with Crippen molar-refractivity contribution in [1.82, 2.24) is 0 Å². The van der Waals surface area contributed by atoms with Crippen LogP contribution in [0.2, 0.25) is 18.1 Å². The summed E-state index contributed by atoms with van der Waals surface area (Å²) >= 11 is 0. The van der Waals surface area contributed by atoms with E-state index in [1.54, 1.807) is 7.11 Å². The van der Waals surface area contributed by atoms with E-state index >= 15 is 0 Å². The van der Waals surface area contributed by atoms with Gasteiger partial charge in [-0.15, -0.1) is 0 Å². The highest BCUT2D eigenvalue weighted by Crippen LogP contribution is 2.38. The van der Waals surface area contributed by atoms with Crippen LogP contribution in [0.4, 0.5) is 0 Å². The summed E-state index contributed by atoms with van der Waals surface area (Å²) in [6.45, 7) is 15.9. The van der Waals surface area contributed by atoms with Crippen molar-refractivity contribution in [3.8, 4) is 0 Å². The molecule has 0 aliphatic heterocycles. The van der Waals surface area contributed by atoms with Crippen LogP contribution in [0.5, 0.6) is 0 Å². The molecular weight excluding hydrogens is 328 g/mol. The average molecular weight is 365 g/mol. The molecule has 0 saturated heterocycles. The van der Waals surface area contributed by atoms with E-state index in [9.17, 15) is 0 Å². The molecule has 142 valence electrons. The molecule has 25 heavy (non-hydrogen) atoms. The van der Waals surface area contributed by atoms with Gasteiger partial charge >= 0.3 is 0 Å². The molecule has 0 N–H and O–H groups in total. The van der Waals surface area contributed by atoms with Gasteiger partial charge in [-0.25, -0.2) is 0 Å². The van der Waals surface area contributed by atoms with E-state index in [1.165, 1.54) is 0 Å². The van der Waals surface area contributed by atoms with Crippen LogP contribution in [0.1, 0.15) is 40.2 Å². The first-order valence-electron chi connectivity index (χ1n) is 9.11. The summed E-state index contributed by atoms with van der Waals surface area (Å²) in [6, 6.07) is 10.2. The molecule has 0 bridgehead atoms. The molecule has 0 unspecified atom stereocenters. The Kier molecular flexibility index (Phi) is 8.55. The smallest absolute Gasteiger partial charge is 0.193 e. The first-order chi connectivity index (χ1) is 11.6. The van der Waals surface area contributed by atoms with Gasteiger partial charge in [0.05, 0.1) is 18.8 Å². The SMILES string of the molecule is C/C=C/[C@@H](O[Si](C)(C)C(C)(C)C)[C@H](OC)[C@H](C)OCc1ccccc1. The van der Waals surface area contributed by atoms with Gasteiger partial charge in [-0.1, -0.05) is 63.3 Å². The van der Waals surface area contributed by atoms with E-state index in [0.717, 1.165) is 5.56 Å². The molecule has 0 amide bonds. The summed E-state index contributed by atoms with van der Waals surface area (Å²) in [5.74, 6) is 0. The lowest BCUT2D eigenvalue weighted by Gasteiger charge is -2.41. The highest BCUT2D eigenvalue weighted by atomic mass is 28.4. The van der Waals surface area contributed by atoms with Gasteiger partial charge in [-0.3, -0.25) is 0 Å². The summed E-state index contributed by atoms with van der Waals surface area (Å²) in [5, 5.41) is 0.152. The maximum absolute atomic E-state index is 6.62. The van der Waals surface area contributed by atoms with Gasteiger partial charge in [0.15, 0.2) is 8.32 Å². The van der Waals surface area contributed by atoms with Crippen LogP contribution in [0.15, 0.2) is 42.5 Å². The minimum absolute atomic E-state index is 0.0730. The van der Waals surface area contributed by atoms with Crippen molar-refractivity contribution in [2.24, 2.45) is 0 Å². The second-order valence-electron chi connectivity index (χ2n) is 8.07. The zero-order valence-electron chi connectivity index (χ0n) is 17.2. The molecule has 0 aliphatic carbocycles. The van der Waals surface area contributed by atoms with Crippen LogP contribution in [0.25, 0.3) is 0 Å². The Labute approximate surface area is 155 Å². The van der Waals surface area contributed by atoms with E-state index in [1.807, 2.05) is 31.2 Å². The van der Waals surface area contributed by atoms with Crippen LogP contribution in [-0.2, 0) is 20.5 Å². The molecular formula is C21H36O3Si. The predicted octanol–water partition coefficient (Wildman–Crippen LogP) is 5.57. The number of hydrogen-bond donors (Lipinski definition) is 0. The largest absolute Gasteiger partial charge is 0.408 e. The summed E-state index contributed by atoms with van der Waals surface area (Å²) in [6.07, 6.45) is 3.80. The fourth-order valence-electron chi connectivity index (χ4n) is 2.41. The molecule has 0 saturated carbocycles. The lowest BCUT2D eigenvalue weighted by atomic mass is 10.1. The van der Waals surface area contributed by atoms with E-state index in [-0.39, 0.29) is 23.4 Å². The molecule has 0 spiro atoms. The highest BCUT2D eigenvalue weighted by Gasteiger charge is 2.41. The Bertz CT molecular complexity index is 520. The van der Waals surface area contributed by atoms with Crippen molar-refractivity contribution in [3.05, 3.63) is 48.0 Å². The maximum atomic E-state index is 6.62. The number of benzene rings is 1. The molecule has 4 heteroatoms. The van der Waals surface area contributed by atoms with E-state index in [4.69, 9.17) is 13.9 Å². The molecule has 0 aromatic heterocycles. The van der Waals surface area contributed by atoms with Crippen LogP contribution >= 0.6 is 0 Å². The zero-order valence-corrected chi connectivity index (χ0v) is 18.2. The molecule has 1 rings (SSSR count). The Hall–Kier alpha value is -0.943. The standard InChI is InChI=1S/C21H36O3Si/c1-9-13-19(24-25(7,8)21(3,4)5)20(22-6)17(2)23-16-18-14-11-10-12-15-18/h9-15,17,19-20H,16H2,1-8H3/b13-9+/t17-,19+,20+/m0/s1. The van der Waals surface area contributed by atoms with E-state index in [0.29, 0.717) is 6.61 Å². The second-order valence-corrected chi connectivity index (χ2v) is 12.8. The molecule has 0 heterocycles. The predicted molar refractivity (Wildman–Crippen MR) is 108 cm³/mol. The van der Waals surface area contributed by atoms with Crippen molar-refractivity contribution in [3.63, 3.8) is 0 Å². The number of rotatable bonds is 9. The summed E-state index contributed by atoms with van der Waals surface area (Å²) < 4.78 is 18.5. The van der Waals surface area contributed by atoms with E-state index < -0.39 is 8.32 Å². The molecule has 0 aliphatic rings. The van der Waals surface area contributed by atoms with Gasteiger partial charge in [-0.2, -0.15) is 0 Å². The minimum atomic E-state index is -1.90. The molecule has 3 atom stereocenters. The zero-order chi connectivity index (χ0) is 19.1. The summed E-state index contributed by atoms with van der Waals surface area (Å²) in [5.41, 5.74) is 1.16. The lowest BCUT2D eigenvalue weighted by Crippen LogP contribution is -2.49. The van der Waals surface area contributed by atoms with Gasteiger partial charge in [0.25, 0.3) is 0 Å². The number of ether oxygens (including phenoxy) is 2. The second kappa shape index (κ2) is 9.67. The lowest BCUT2D eigenvalue weighted by molar-refractivity contribution is -0.0892. The normalized spacial score (nSPS) is 16.8. The molecule has 0 fully saturated rings. The molecule has 0 radical (unpaired) electrons. The average Bonchev–Trinajstić information content (AvgIpc) is 2.53. The Morgan fingerprint density at radius 3 is 2.20 bits per heavy atom. The van der Waals surface area contributed by atoms with Gasteiger partial charge < -0.3 is 13.9 Å². The summed E-state index contributed by atoms with van der Waals surface area (Å²) in [7, 11) is -0.169. The van der Waals surface area contributed by atoms with Gasteiger partial charge in [0.2, 0.25) is 0 Å². The molecule has 1 aromatic carbocycles. The molecule has 3 nitrogen and oxygen atoms in total. The quantitative estimate of drug-likeness (QED) is 0.423. The third kappa shape index (κ3) is 6.70.